The molecule has 0 aliphatic heterocycles. The topological polar surface area (TPSA) is 62.5 Å². The maximum absolute atomic E-state index is 11.6. The Morgan fingerprint density at radius 1 is 1.38 bits per heavy atom. The Labute approximate surface area is 92.5 Å². The number of carbonyl (C=O) groups excluding carboxylic acids is 1. The fourth-order valence-corrected chi connectivity index (χ4v) is 1.34. The third kappa shape index (κ3) is 2.06. The van der Waals surface area contributed by atoms with E-state index in [9.17, 15) is 9.90 Å². The zero-order valence-corrected chi connectivity index (χ0v) is 8.73. The van der Waals surface area contributed by atoms with Gasteiger partial charge in [-0.2, -0.15) is 0 Å². The Hall–Kier alpha value is -2.23. The molecule has 1 aromatic heterocycles. The molecule has 0 radical (unpaired) electrons. The van der Waals surface area contributed by atoms with Crippen LogP contribution in [0, 0.1) is 6.92 Å². The molecule has 1 aromatic carbocycles. The third-order valence-corrected chi connectivity index (χ3v) is 2.18. The van der Waals surface area contributed by atoms with Crippen LogP contribution in [0.3, 0.4) is 0 Å². The van der Waals surface area contributed by atoms with Crippen molar-refractivity contribution >= 4 is 11.6 Å². The first-order valence-corrected chi connectivity index (χ1v) is 4.80. The lowest BCUT2D eigenvalue weighted by Gasteiger charge is -2.06. The van der Waals surface area contributed by atoms with Crippen molar-refractivity contribution in [3.63, 3.8) is 0 Å². The van der Waals surface area contributed by atoms with Crippen LogP contribution in [0.15, 0.2) is 41.2 Å². The maximum Gasteiger partial charge on any atom is 0.259 e. The summed E-state index contributed by atoms with van der Waals surface area (Å²) in [5, 5.41) is 12.2. The molecule has 2 N–H and O–H groups in total. The minimum Gasteiger partial charge on any atom is -0.506 e. The average Bonchev–Trinajstić information content (AvgIpc) is 2.75. The van der Waals surface area contributed by atoms with E-state index < -0.39 is 0 Å². The number of rotatable bonds is 2. The summed E-state index contributed by atoms with van der Waals surface area (Å²) in [6.07, 6.45) is 2.77. The number of carbonyl (C=O) groups is 1. The third-order valence-electron chi connectivity index (χ3n) is 2.18. The molecule has 1 amide bonds. The molecule has 4 nitrogen and oxygen atoms in total. The molecule has 2 rings (SSSR count). The smallest absolute Gasteiger partial charge is 0.259 e. The van der Waals surface area contributed by atoms with E-state index in [0.29, 0.717) is 11.3 Å². The van der Waals surface area contributed by atoms with Crippen molar-refractivity contribution in [1.29, 1.82) is 0 Å². The molecular weight excluding hydrogens is 206 g/mol. The number of hydrogen-bond donors (Lipinski definition) is 2. The summed E-state index contributed by atoms with van der Waals surface area (Å²) in [5.41, 5.74) is 1.73. The molecule has 4 heteroatoms. The van der Waals surface area contributed by atoms with Crippen LogP contribution in [-0.2, 0) is 0 Å². The Morgan fingerprint density at radius 3 is 2.81 bits per heavy atom. The molecule has 0 unspecified atom stereocenters. The van der Waals surface area contributed by atoms with Crippen LogP contribution in [0.2, 0.25) is 0 Å². The van der Waals surface area contributed by atoms with Gasteiger partial charge in [-0.25, -0.2) is 0 Å². The average molecular weight is 217 g/mol. The lowest BCUT2D eigenvalue weighted by molar-refractivity contribution is 0.102. The van der Waals surface area contributed by atoms with Gasteiger partial charge in [0.1, 0.15) is 12.0 Å². The van der Waals surface area contributed by atoms with Crippen LogP contribution >= 0.6 is 0 Å². The Bertz CT molecular complexity index is 503. The van der Waals surface area contributed by atoms with Crippen LogP contribution in [0.1, 0.15) is 15.9 Å². The second kappa shape index (κ2) is 4.10. The highest BCUT2D eigenvalue weighted by Crippen LogP contribution is 2.24. The van der Waals surface area contributed by atoms with Gasteiger partial charge in [0, 0.05) is 0 Å². The van der Waals surface area contributed by atoms with Gasteiger partial charge in [0.25, 0.3) is 5.91 Å². The molecule has 0 fully saturated rings. The molecular formula is C12H11NO3. The van der Waals surface area contributed by atoms with E-state index >= 15 is 0 Å². The van der Waals surface area contributed by atoms with Crippen molar-refractivity contribution in [3.8, 4) is 5.75 Å². The summed E-state index contributed by atoms with van der Waals surface area (Å²) < 4.78 is 4.80. The highest BCUT2D eigenvalue weighted by molar-refractivity contribution is 6.04. The number of aromatic hydroxyl groups is 1. The molecule has 82 valence electrons. The first-order chi connectivity index (χ1) is 7.66. The molecule has 16 heavy (non-hydrogen) atoms. The van der Waals surface area contributed by atoms with Gasteiger partial charge in [0.15, 0.2) is 0 Å². The van der Waals surface area contributed by atoms with E-state index in [-0.39, 0.29) is 11.7 Å². The number of nitrogens with one attached hydrogen (secondary N) is 1. The second-order valence-electron chi connectivity index (χ2n) is 3.49. The van der Waals surface area contributed by atoms with Crippen LogP contribution < -0.4 is 5.32 Å². The first kappa shape index (κ1) is 10.3. The molecule has 0 bridgehead atoms. The lowest BCUT2D eigenvalue weighted by Crippen LogP contribution is -2.10. The van der Waals surface area contributed by atoms with Gasteiger partial charge in [0.2, 0.25) is 0 Å². The molecule has 0 saturated carbocycles. The van der Waals surface area contributed by atoms with Crippen molar-refractivity contribution < 1.29 is 14.3 Å². The number of phenols is 1. The van der Waals surface area contributed by atoms with Gasteiger partial charge >= 0.3 is 0 Å². The van der Waals surface area contributed by atoms with Crippen LogP contribution in [0.4, 0.5) is 5.69 Å². The Balaban J connectivity index is 2.18. The van der Waals surface area contributed by atoms with Crippen molar-refractivity contribution in [2.45, 2.75) is 6.92 Å². The molecule has 0 saturated heterocycles. The molecule has 1 heterocycles. The Morgan fingerprint density at radius 2 is 2.19 bits per heavy atom. The van der Waals surface area contributed by atoms with Crippen molar-refractivity contribution in [2.75, 3.05) is 5.32 Å². The molecule has 0 aliphatic carbocycles. The molecule has 0 atom stereocenters. The highest BCUT2D eigenvalue weighted by atomic mass is 16.3. The number of amides is 1. The van der Waals surface area contributed by atoms with Crippen LogP contribution in [0.5, 0.6) is 5.75 Å². The van der Waals surface area contributed by atoms with Crippen molar-refractivity contribution in [2.24, 2.45) is 0 Å². The van der Waals surface area contributed by atoms with Crippen LogP contribution in [-0.4, -0.2) is 11.0 Å². The van der Waals surface area contributed by atoms with Gasteiger partial charge in [-0.15, -0.1) is 0 Å². The summed E-state index contributed by atoms with van der Waals surface area (Å²) >= 11 is 0. The SMILES string of the molecule is Cc1ccc(NC(=O)c2ccoc2)c(O)c1. The number of benzene rings is 1. The maximum atomic E-state index is 11.6. The van der Waals surface area contributed by atoms with Gasteiger partial charge in [-0.1, -0.05) is 6.07 Å². The molecule has 2 aromatic rings. The fourth-order valence-electron chi connectivity index (χ4n) is 1.34. The first-order valence-electron chi connectivity index (χ1n) is 4.80. The van der Waals surface area contributed by atoms with E-state index in [4.69, 9.17) is 4.42 Å². The minimum atomic E-state index is -0.312. The summed E-state index contributed by atoms with van der Waals surface area (Å²) in [6, 6.07) is 6.61. The molecule has 0 spiro atoms. The van der Waals surface area contributed by atoms with E-state index in [1.54, 1.807) is 18.2 Å². The monoisotopic (exact) mass is 217 g/mol. The highest BCUT2D eigenvalue weighted by Gasteiger charge is 2.09. The van der Waals surface area contributed by atoms with Crippen molar-refractivity contribution in [3.05, 3.63) is 47.9 Å². The summed E-state index contributed by atoms with van der Waals surface area (Å²) in [4.78, 5) is 11.6. The number of furan rings is 1. The summed E-state index contributed by atoms with van der Waals surface area (Å²) in [6.45, 7) is 1.86. The van der Waals surface area contributed by atoms with E-state index in [1.807, 2.05) is 13.0 Å². The van der Waals surface area contributed by atoms with Gasteiger partial charge < -0.3 is 14.8 Å². The number of aryl methyl sites for hydroxylation is 1. The van der Waals surface area contributed by atoms with Crippen LogP contribution in [0.25, 0.3) is 0 Å². The Kier molecular flexibility index (Phi) is 2.64. The number of hydrogen-bond acceptors (Lipinski definition) is 3. The normalized spacial score (nSPS) is 10.1. The summed E-state index contributed by atoms with van der Waals surface area (Å²) in [7, 11) is 0. The zero-order valence-electron chi connectivity index (χ0n) is 8.73. The predicted molar refractivity (Wildman–Crippen MR) is 59.5 cm³/mol. The van der Waals surface area contributed by atoms with Crippen molar-refractivity contribution in [1.82, 2.24) is 0 Å². The minimum absolute atomic E-state index is 0.0526. The predicted octanol–water partition coefficient (Wildman–Crippen LogP) is 2.55. The van der Waals surface area contributed by atoms with Gasteiger partial charge in [-0.05, 0) is 30.7 Å². The number of anilines is 1. The van der Waals surface area contributed by atoms with E-state index in [0.717, 1.165) is 5.56 Å². The fraction of sp³-hybridized carbons (Fsp3) is 0.0833. The largest absolute Gasteiger partial charge is 0.506 e. The van der Waals surface area contributed by atoms with E-state index in [2.05, 4.69) is 5.32 Å². The number of phenolic OH excluding ortho intramolecular Hbond substituents is 1. The second-order valence-corrected chi connectivity index (χ2v) is 3.49. The lowest BCUT2D eigenvalue weighted by atomic mass is 10.2. The summed E-state index contributed by atoms with van der Waals surface area (Å²) in [5.74, 6) is -0.259. The van der Waals surface area contributed by atoms with Gasteiger partial charge in [-0.3, -0.25) is 4.79 Å². The van der Waals surface area contributed by atoms with Gasteiger partial charge in [0.05, 0.1) is 17.5 Å². The quantitative estimate of drug-likeness (QED) is 0.760. The zero-order chi connectivity index (χ0) is 11.5. The standard InChI is InChI=1S/C12H11NO3/c1-8-2-3-10(11(14)6-8)13-12(15)9-4-5-16-7-9/h2-7,14H,1H3,(H,13,15). The van der Waals surface area contributed by atoms with E-state index in [1.165, 1.54) is 12.5 Å². The molecule has 0 aliphatic rings.